The van der Waals surface area contributed by atoms with E-state index in [0.717, 1.165) is 27.7 Å². The van der Waals surface area contributed by atoms with Crippen molar-refractivity contribution >= 4 is 36.7 Å². The summed E-state index contributed by atoms with van der Waals surface area (Å²) in [6.45, 7) is 11.9. The molecule has 0 radical (unpaired) electrons. The Hall–Kier alpha value is -1.82. The smallest absolute Gasteiger partial charge is 0.109 e. The maximum Gasteiger partial charge on any atom is 0.109 e. The molecule has 0 fully saturated rings. The zero-order valence-corrected chi connectivity index (χ0v) is 14.8. The lowest BCUT2D eigenvalue weighted by molar-refractivity contribution is 0.847. The van der Waals surface area contributed by atoms with Crippen LogP contribution in [0.2, 0.25) is 0 Å². The Morgan fingerprint density at radius 1 is 1.26 bits per heavy atom. The quantitative estimate of drug-likeness (QED) is 0.482. The number of rotatable bonds is 8. The molecule has 120 valence electrons. The van der Waals surface area contributed by atoms with Crippen LogP contribution in [-0.2, 0) is 0 Å². The molecule has 1 unspecified atom stereocenters. The summed E-state index contributed by atoms with van der Waals surface area (Å²) in [6, 6.07) is 12.3. The molecular formula is C18H21N3S2. The molecule has 0 aliphatic carbocycles. The molecule has 0 spiro atoms. The molecule has 0 aliphatic rings. The van der Waals surface area contributed by atoms with Crippen molar-refractivity contribution in [3.8, 4) is 5.69 Å². The molecule has 0 bridgehead atoms. The molecule has 0 saturated heterocycles. The lowest BCUT2D eigenvalue weighted by Gasteiger charge is -2.20. The zero-order valence-electron chi connectivity index (χ0n) is 13.1. The highest BCUT2D eigenvalue weighted by Gasteiger charge is 2.21. The zero-order chi connectivity index (χ0) is 16.8. The Bertz CT molecular complexity index is 705. The van der Waals surface area contributed by atoms with Crippen LogP contribution in [0.4, 0.5) is 0 Å². The summed E-state index contributed by atoms with van der Waals surface area (Å²) >= 11 is 5.86. The van der Waals surface area contributed by atoms with Gasteiger partial charge in [0, 0.05) is 12.7 Å². The predicted octanol–water partition coefficient (Wildman–Crippen LogP) is 4.62. The molecule has 2 N–H and O–H groups in total. The molecular weight excluding hydrogens is 322 g/mol. The van der Waals surface area contributed by atoms with Crippen molar-refractivity contribution in [3.05, 3.63) is 78.1 Å². The topological polar surface area (TPSA) is 29.0 Å². The van der Waals surface area contributed by atoms with Crippen molar-refractivity contribution in [1.82, 2.24) is 14.6 Å². The number of aromatic nitrogens is 1. The molecule has 3 nitrogen and oxygen atoms in total. The van der Waals surface area contributed by atoms with Crippen molar-refractivity contribution < 1.29 is 0 Å². The number of nitrogens with zero attached hydrogens (tertiary/aromatic N) is 1. The monoisotopic (exact) mass is 343 g/mol. The Balaban J connectivity index is 2.62. The van der Waals surface area contributed by atoms with Crippen molar-refractivity contribution in [2.24, 2.45) is 0 Å². The highest BCUT2D eigenvalue weighted by molar-refractivity contribution is 8.03. The van der Waals surface area contributed by atoms with Gasteiger partial charge in [-0.3, -0.25) is 0 Å². The number of thiol groups is 1. The molecule has 1 heterocycles. The van der Waals surface area contributed by atoms with E-state index < -0.39 is 0 Å². The van der Waals surface area contributed by atoms with Crippen molar-refractivity contribution in [2.75, 3.05) is 7.05 Å². The van der Waals surface area contributed by atoms with Gasteiger partial charge in [-0.25, -0.2) is 4.72 Å². The van der Waals surface area contributed by atoms with Crippen LogP contribution in [0.1, 0.15) is 22.3 Å². The van der Waals surface area contributed by atoms with Crippen molar-refractivity contribution in [1.29, 1.82) is 0 Å². The third kappa shape index (κ3) is 3.75. The van der Waals surface area contributed by atoms with E-state index >= 15 is 0 Å². The lowest BCUT2D eigenvalue weighted by Crippen LogP contribution is -2.15. The van der Waals surface area contributed by atoms with E-state index in [2.05, 4.69) is 65.4 Å². The molecule has 1 atom stereocenters. The summed E-state index contributed by atoms with van der Waals surface area (Å²) in [7, 11) is 1.85. The van der Waals surface area contributed by atoms with Gasteiger partial charge in [-0.1, -0.05) is 68.6 Å². The molecule has 1 aromatic carbocycles. The third-order valence-corrected chi connectivity index (χ3v) is 4.97. The van der Waals surface area contributed by atoms with Gasteiger partial charge in [0.1, 0.15) is 5.37 Å². The first-order chi connectivity index (χ1) is 11.2. The van der Waals surface area contributed by atoms with Crippen LogP contribution in [-0.4, -0.2) is 11.6 Å². The number of hydrogen-bond donors (Lipinski definition) is 3. The predicted molar refractivity (Wildman–Crippen MR) is 107 cm³/mol. The standard InChI is InChI=1S/C18H21N3S2/c1-5-14-12-17(18(20-22)23-13(3)19-4)21(16(14)6-2)15-10-8-7-9-11-15/h5-12,18-20,22H,1-3H2,4H3. The Labute approximate surface area is 147 Å². The van der Waals surface area contributed by atoms with Gasteiger partial charge in [-0.05, 0) is 29.8 Å². The third-order valence-electron chi connectivity index (χ3n) is 3.45. The van der Waals surface area contributed by atoms with E-state index in [0.29, 0.717) is 0 Å². The van der Waals surface area contributed by atoms with Crippen molar-refractivity contribution in [3.63, 3.8) is 0 Å². The summed E-state index contributed by atoms with van der Waals surface area (Å²) < 4.78 is 5.21. The second-order valence-electron chi connectivity index (χ2n) is 4.79. The minimum absolute atomic E-state index is 0.0779. The molecule has 2 aromatic rings. The largest absolute Gasteiger partial charge is 0.383 e. The van der Waals surface area contributed by atoms with Crippen LogP contribution in [0.25, 0.3) is 17.8 Å². The minimum atomic E-state index is -0.0779. The number of para-hydroxylation sites is 1. The van der Waals surface area contributed by atoms with Gasteiger partial charge in [0.25, 0.3) is 0 Å². The first kappa shape index (κ1) is 17.5. The van der Waals surface area contributed by atoms with Crippen LogP contribution in [0.5, 0.6) is 0 Å². The second kappa shape index (κ2) is 8.15. The average molecular weight is 344 g/mol. The van der Waals surface area contributed by atoms with E-state index in [9.17, 15) is 0 Å². The van der Waals surface area contributed by atoms with Crippen LogP contribution >= 0.6 is 24.6 Å². The fourth-order valence-corrected chi connectivity index (χ4v) is 3.39. The Kier molecular flexibility index (Phi) is 6.21. The highest BCUT2D eigenvalue weighted by atomic mass is 32.2. The number of nitrogens with one attached hydrogen (secondary N) is 2. The summed E-state index contributed by atoms with van der Waals surface area (Å²) in [6.07, 6.45) is 3.69. The van der Waals surface area contributed by atoms with Crippen LogP contribution in [0, 0.1) is 0 Å². The van der Waals surface area contributed by atoms with E-state index in [1.165, 1.54) is 0 Å². The first-order valence-corrected chi connectivity index (χ1v) is 8.47. The summed E-state index contributed by atoms with van der Waals surface area (Å²) in [5.74, 6) is 0. The molecule has 2 rings (SSSR count). The second-order valence-corrected chi connectivity index (χ2v) is 6.25. The number of benzene rings is 1. The number of thioether (sulfide) groups is 1. The van der Waals surface area contributed by atoms with Crippen LogP contribution in [0.15, 0.2) is 61.2 Å². The molecule has 0 saturated carbocycles. The lowest BCUT2D eigenvalue weighted by atomic mass is 10.2. The van der Waals surface area contributed by atoms with Gasteiger partial charge in [0.15, 0.2) is 0 Å². The average Bonchev–Trinajstić information content (AvgIpc) is 2.98. The number of hydrogen-bond acceptors (Lipinski definition) is 4. The normalized spacial score (nSPS) is 11.7. The van der Waals surface area contributed by atoms with Gasteiger partial charge in [0.2, 0.25) is 0 Å². The summed E-state index contributed by atoms with van der Waals surface area (Å²) in [4.78, 5) is 0. The van der Waals surface area contributed by atoms with Gasteiger partial charge in [0.05, 0.1) is 16.4 Å². The molecule has 5 heteroatoms. The molecule has 23 heavy (non-hydrogen) atoms. The Morgan fingerprint density at radius 2 is 1.96 bits per heavy atom. The fourth-order valence-electron chi connectivity index (χ4n) is 2.35. The molecule has 0 amide bonds. The Morgan fingerprint density at radius 3 is 2.48 bits per heavy atom. The SMILES string of the molecule is C=Cc1cc(C(NS)SC(=C)NC)n(-c2ccccc2)c1C=C. The van der Waals surface area contributed by atoms with E-state index in [1.807, 2.05) is 37.4 Å². The minimum Gasteiger partial charge on any atom is -0.383 e. The van der Waals surface area contributed by atoms with E-state index in [-0.39, 0.29) is 5.37 Å². The first-order valence-electron chi connectivity index (χ1n) is 7.15. The maximum atomic E-state index is 4.30. The van der Waals surface area contributed by atoms with Gasteiger partial charge in [-0.15, -0.1) is 0 Å². The van der Waals surface area contributed by atoms with E-state index in [1.54, 1.807) is 11.8 Å². The van der Waals surface area contributed by atoms with Gasteiger partial charge >= 0.3 is 0 Å². The summed E-state index contributed by atoms with van der Waals surface area (Å²) in [5, 5.41) is 3.83. The highest BCUT2D eigenvalue weighted by Crippen LogP contribution is 2.35. The van der Waals surface area contributed by atoms with Crippen molar-refractivity contribution in [2.45, 2.75) is 5.37 Å². The summed E-state index contributed by atoms with van der Waals surface area (Å²) in [5.41, 5.74) is 4.15. The van der Waals surface area contributed by atoms with Crippen LogP contribution < -0.4 is 10.0 Å². The van der Waals surface area contributed by atoms with Crippen LogP contribution in [0.3, 0.4) is 0 Å². The van der Waals surface area contributed by atoms with Gasteiger partial charge in [-0.2, -0.15) is 0 Å². The van der Waals surface area contributed by atoms with E-state index in [4.69, 9.17) is 0 Å². The molecule has 0 aliphatic heterocycles. The molecule has 1 aromatic heterocycles. The maximum absolute atomic E-state index is 4.30. The van der Waals surface area contributed by atoms with Gasteiger partial charge < -0.3 is 9.88 Å². The fraction of sp³-hybridized carbons (Fsp3) is 0.111.